The number of hydrogen-bond donors (Lipinski definition) is 1. The highest BCUT2D eigenvalue weighted by Gasteiger charge is 2.21. The quantitative estimate of drug-likeness (QED) is 0.814. The van der Waals surface area contributed by atoms with Crippen molar-refractivity contribution in [2.45, 2.75) is 18.9 Å². The van der Waals surface area contributed by atoms with Gasteiger partial charge < -0.3 is 9.90 Å². The molecule has 0 spiro atoms. The highest BCUT2D eigenvalue weighted by Crippen LogP contribution is 2.27. The van der Waals surface area contributed by atoms with E-state index in [1.807, 2.05) is 0 Å². The molecule has 1 unspecified atom stereocenters. The summed E-state index contributed by atoms with van der Waals surface area (Å²) in [5, 5.41) is 10.3. The summed E-state index contributed by atoms with van der Waals surface area (Å²) in [6.07, 6.45) is 0.653. The maximum absolute atomic E-state index is 10.5. The number of carbonyl (C=O) groups is 1. The highest BCUT2D eigenvalue weighted by atomic mass is 35.5. The number of rotatable bonds is 3. The Hall–Kier alpha value is -0.570. The third kappa shape index (κ3) is 2.71. The van der Waals surface area contributed by atoms with Gasteiger partial charge in [0.15, 0.2) is 6.29 Å². The van der Waals surface area contributed by atoms with E-state index in [1.165, 1.54) is 6.92 Å². The van der Waals surface area contributed by atoms with Gasteiger partial charge in [0.1, 0.15) is 5.60 Å². The average Bonchev–Trinajstić information content (AvgIpc) is 2.13. The molecule has 0 aliphatic heterocycles. The van der Waals surface area contributed by atoms with E-state index < -0.39 is 5.60 Å². The van der Waals surface area contributed by atoms with Gasteiger partial charge >= 0.3 is 0 Å². The Labute approximate surface area is 92.5 Å². The Morgan fingerprint density at radius 3 is 2.71 bits per heavy atom. The van der Waals surface area contributed by atoms with Crippen molar-refractivity contribution < 1.29 is 9.90 Å². The van der Waals surface area contributed by atoms with Gasteiger partial charge in [-0.25, -0.2) is 0 Å². The average molecular weight is 233 g/mol. The first-order valence-corrected chi connectivity index (χ1v) is 4.83. The van der Waals surface area contributed by atoms with E-state index in [1.54, 1.807) is 18.2 Å². The number of aldehydes is 1. The molecule has 0 fully saturated rings. The minimum atomic E-state index is -1.39. The molecule has 0 amide bonds. The van der Waals surface area contributed by atoms with Crippen LogP contribution >= 0.6 is 23.2 Å². The van der Waals surface area contributed by atoms with Crippen LogP contribution in [0, 0.1) is 0 Å². The van der Waals surface area contributed by atoms with Crippen LogP contribution in [0.4, 0.5) is 0 Å². The second kappa shape index (κ2) is 4.30. The molecule has 0 saturated heterocycles. The smallest absolute Gasteiger partial charge is 0.151 e. The van der Waals surface area contributed by atoms with Crippen molar-refractivity contribution in [2.75, 3.05) is 0 Å². The molecule has 0 aliphatic carbocycles. The summed E-state index contributed by atoms with van der Waals surface area (Å²) < 4.78 is 0. The zero-order chi connectivity index (χ0) is 10.8. The SMILES string of the molecule is CC(O)(C=O)Cc1cccc(Cl)c1Cl. The first-order chi connectivity index (χ1) is 6.46. The van der Waals surface area contributed by atoms with E-state index in [0.29, 0.717) is 21.9 Å². The van der Waals surface area contributed by atoms with Crippen molar-refractivity contribution in [1.29, 1.82) is 0 Å². The third-order valence-corrected chi connectivity index (χ3v) is 2.69. The van der Waals surface area contributed by atoms with Crippen molar-refractivity contribution in [3.05, 3.63) is 33.8 Å². The van der Waals surface area contributed by atoms with Gasteiger partial charge in [0, 0.05) is 6.42 Å². The van der Waals surface area contributed by atoms with Crippen molar-refractivity contribution >= 4 is 29.5 Å². The lowest BCUT2D eigenvalue weighted by atomic mass is 9.98. The van der Waals surface area contributed by atoms with Crippen LogP contribution in [0.5, 0.6) is 0 Å². The van der Waals surface area contributed by atoms with Crippen molar-refractivity contribution in [1.82, 2.24) is 0 Å². The lowest BCUT2D eigenvalue weighted by Gasteiger charge is -2.16. The van der Waals surface area contributed by atoms with Crippen LogP contribution in [-0.4, -0.2) is 17.0 Å². The molecule has 0 bridgehead atoms. The van der Waals surface area contributed by atoms with Crippen LogP contribution in [0.25, 0.3) is 0 Å². The standard InChI is InChI=1S/C10H10Cl2O2/c1-10(14,6-13)5-7-3-2-4-8(11)9(7)12/h2-4,6,14H,5H2,1H3. The van der Waals surface area contributed by atoms with Crippen molar-refractivity contribution in [3.8, 4) is 0 Å². The minimum Gasteiger partial charge on any atom is -0.382 e. The first kappa shape index (κ1) is 11.5. The van der Waals surface area contributed by atoms with Crippen molar-refractivity contribution in [2.24, 2.45) is 0 Å². The summed E-state index contributed by atoms with van der Waals surface area (Å²) in [7, 11) is 0. The summed E-state index contributed by atoms with van der Waals surface area (Å²) in [6.45, 7) is 1.43. The van der Waals surface area contributed by atoms with E-state index in [0.717, 1.165) is 0 Å². The topological polar surface area (TPSA) is 37.3 Å². The maximum atomic E-state index is 10.5. The van der Waals surface area contributed by atoms with Crippen LogP contribution in [0.15, 0.2) is 18.2 Å². The van der Waals surface area contributed by atoms with Gasteiger partial charge in [-0.05, 0) is 18.6 Å². The molecule has 0 aromatic heterocycles. The fourth-order valence-corrected chi connectivity index (χ4v) is 1.50. The molecule has 0 heterocycles. The zero-order valence-electron chi connectivity index (χ0n) is 7.63. The fourth-order valence-electron chi connectivity index (χ4n) is 1.11. The zero-order valence-corrected chi connectivity index (χ0v) is 9.14. The van der Waals surface area contributed by atoms with Gasteiger partial charge in [-0.2, -0.15) is 0 Å². The predicted octanol–water partition coefficient (Wildman–Crippen LogP) is 2.49. The number of halogens is 2. The molecule has 1 N–H and O–H groups in total. The van der Waals surface area contributed by atoms with E-state index in [4.69, 9.17) is 23.2 Å². The van der Waals surface area contributed by atoms with E-state index in [2.05, 4.69) is 0 Å². The Morgan fingerprint density at radius 1 is 1.50 bits per heavy atom. The summed E-state index contributed by atoms with van der Waals surface area (Å²) in [4.78, 5) is 10.5. The number of carbonyl (C=O) groups excluding carboxylic acids is 1. The van der Waals surface area contributed by atoms with Crippen LogP contribution in [0.3, 0.4) is 0 Å². The minimum absolute atomic E-state index is 0.163. The Balaban J connectivity index is 2.98. The Morgan fingerprint density at radius 2 is 2.14 bits per heavy atom. The van der Waals surface area contributed by atoms with Crippen LogP contribution in [0.2, 0.25) is 10.0 Å². The second-order valence-corrected chi connectivity index (χ2v) is 4.15. The molecule has 0 saturated carbocycles. The third-order valence-electron chi connectivity index (χ3n) is 1.83. The lowest BCUT2D eigenvalue weighted by molar-refractivity contribution is -0.122. The lowest BCUT2D eigenvalue weighted by Crippen LogP contribution is -2.28. The molecule has 14 heavy (non-hydrogen) atoms. The fraction of sp³-hybridized carbons (Fsp3) is 0.300. The molecule has 76 valence electrons. The van der Waals surface area contributed by atoms with Crippen LogP contribution < -0.4 is 0 Å². The summed E-state index contributed by atoms with van der Waals surface area (Å²) in [5.41, 5.74) is -0.731. The molecular formula is C10H10Cl2O2. The van der Waals surface area contributed by atoms with Gasteiger partial charge in [-0.15, -0.1) is 0 Å². The van der Waals surface area contributed by atoms with Crippen molar-refractivity contribution in [3.63, 3.8) is 0 Å². The predicted molar refractivity (Wildman–Crippen MR) is 56.9 cm³/mol. The molecule has 1 aromatic carbocycles. The summed E-state index contributed by atoms with van der Waals surface area (Å²) >= 11 is 11.7. The molecule has 0 aliphatic rings. The van der Waals surface area contributed by atoms with E-state index in [9.17, 15) is 9.90 Å². The molecular weight excluding hydrogens is 223 g/mol. The van der Waals surface area contributed by atoms with E-state index in [-0.39, 0.29) is 6.42 Å². The normalized spacial score (nSPS) is 14.9. The highest BCUT2D eigenvalue weighted by molar-refractivity contribution is 6.42. The van der Waals surface area contributed by atoms with Gasteiger partial charge in [-0.3, -0.25) is 0 Å². The Kier molecular flexibility index (Phi) is 3.53. The summed E-state index contributed by atoms with van der Waals surface area (Å²) in [5.74, 6) is 0. The van der Waals surface area contributed by atoms with Gasteiger partial charge in [0.25, 0.3) is 0 Å². The molecule has 0 radical (unpaired) electrons. The number of aliphatic hydroxyl groups is 1. The number of hydrogen-bond acceptors (Lipinski definition) is 2. The molecule has 1 atom stereocenters. The second-order valence-electron chi connectivity index (χ2n) is 3.36. The number of benzene rings is 1. The Bertz CT molecular complexity index is 348. The first-order valence-electron chi connectivity index (χ1n) is 4.08. The largest absolute Gasteiger partial charge is 0.382 e. The van der Waals surface area contributed by atoms with Gasteiger partial charge in [0.05, 0.1) is 10.0 Å². The maximum Gasteiger partial charge on any atom is 0.151 e. The summed E-state index contributed by atoms with van der Waals surface area (Å²) in [6, 6.07) is 5.11. The monoisotopic (exact) mass is 232 g/mol. The van der Waals surface area contributed by atoms with Crippen LogP contribution in [0.1, 0.15) is 12.5 Å². The van der Waals surface area contributed by atoms with Crippen LogP contribution in [-0.2, 0) is 11.2 Å². The molecule has 1 rings (SSSR count). The van der Waals surface area contributed by atoms with Gasteiger partial charge in [0.2, 0.25) is 0 Å². The molecule has 2 nitrogen and oxygen atoms in total. The van der Waals surface area contributed by atoms with Gasteiger partial charge in [-0.1, -0.05) is 35.3 Å². The molecule has 1 aromatic rings. The van der Waals surface area contributed by atoms with E-state index >= 15 is 0 Å². The molecule has 4 heteroatoms.